The van der Waals surface area contributed by atoms with Crippen LogP contribution < -0.4 is 11.1 Å². The molecule has 4 nitrogen and oxygen atoms in total. The van der Waals surface area contributed by atoms with Crippen molar-refractivity contribution in [2.75, 3.05) is 11.1 Å². The summed E-state index contributed by atoms with van der Waals surface area (Å²) in [6, 6.07) is 7.91. The number of aryl methyl sites for hydroxylation is 2. The van der Waals surface area contributed by atoms with Gasteiger partial charge in [0.2, 0.25) is 0 Å². The lowest BCUT2D eigenvalue weighted by Crippen LogP contribution is -2.18. The van der Waals surface area contributed by atoms with Crippen LogP contribution in [0.1, 0.15) is 41.4 Å². The van der Waals surface area contributed by atoms with Crippen molar-refractivity contribution in [3.05, 3.63) is 47.3 Å². The minimum Gasteiger partial charge on any atom is -0.397 e. The van der Waals surface area contributed by atoms with Gasteiger partial charge >= 0.3 is 0 Å². The lowest BCUT2D eigenvalue weighted by Gasteiger charge is -2.19. The van der Waals surface area contributed by atoms with Crippen LogP contribution in [0.25, 0.3) is 0 Å². The van der Waals surface area contributed by atoms with E-state index < -0.39 is 0 Å². The van der Waals surface area contributed by atoms with Gasteiger partial charge in [-0.2, -0.15) is 0 Å². The number of nitrogens with zero attached hydrogens (tertiary/aromatic N) is 1. The summed E-state index contributed by atoms with van der Waals surface area (Å²) in [5, 5.41) is 3.06. The first-order valence-corrected chi connectivity index (χ1v) is 7.57. The minimum atomic E-state index is -0.0903. The van der Waals surface area contributed by atoms with Gasteiger partial charge in [0.1, 0.15) is 5.69 Å². The summed E-state index contributed by atoms with van der Waals surface area (Å²) in [4.78, 5) is 12.5. The summed E-state index contributed by atoms with van der Waals surface area (Å²) in [5.74, 6) is -0.0903. The number of anilines is 2. The first kappa shape index (κ1) is 13.7. The number of nitrogens with two attached hydrogens (primary N) is 1. The van der Waals surface area contributed by atoms with Crippen molar-refractivity contribution >= 4 is 17.3 Å². The number of carbonyl (C=O) groups is 1. The highest BCUT2D eigenvalue weighted by atomic mass is 16.1. The molecule has 1 amide bonds. The van der Waals surface area contributed by atoms with Gasteiger partial charge in [0.25, 0.3) is 5.91 Å². The fourth-order valence-corrected chi connectivity index (χ4v) is 3.07. The smallest absolute Gasteiger partial charge is 0.272 e. The molecular weight excluding hydrogens is 262 g/mol. The van der Waals surface area contributed by atoms with E-state index in [1.807, 2.05) is 23.6 Å². The molecule has 1 aromatic carbocycles. The Balaban J connectivity index is 1.88. The summed E-state index contributed by atoms with van der Waals surface area (Å²) in [7, 11) is 0. The normalized spacial score (nSPS) is 13.8. The zero-order chi connectivity index (χ0) is 14.8. The van der Waals surface area contributed by atoms with Gasteiger partial charge in [-0.05, 0) is 55.9 Å². The number of nitrogen functional groups attached to an aromatic ring is 1. The van der Waals surface area contributed by atoms with Crippen molar-refractivity contribution in [3.63, 3.8) is 0 Å². The third-order valence-electron chi connectivity index (χ3n) is 4.14. The lowest BCUT2D eigenvalue weighted by molar-refractivity contribution is 0.101. The number of nitrogens with one attached hydrogen (secondary N) is 1. The molecule has 0 saturated carbocycles. The molecule has 0 unspecified atom stereocenters. The van der Waals surface area contributed by atoms with Crippen LogP contribution in [0.3, 0.4) is 0 Å². The summed E-state index contributed by atoms with van der Waals surface area (Å²) < 4.78 is 1.88. The van der Waals surface area contributed by atoms with E-state index in [4.69, 9.17) is 5.73 Å². The molecule has 3 rings (SSSR count). The van der Waals surface area contributed by atoms with Crippen LogP contribution in [-0.2, 0) is 19.4 Å². The second-order valence-corrected chi connectivity index (χ2v) is 5.55. The first-order valence-electron chi connectivity index (χ1n) is 7.57. The predicted molar refractivity (Wildman–Crippen MR) is 85.6 cm³/mol. The Hall–Kier alpha value is -2.23. The van der Waals surface area contributed by atoms with Gasteiger partial charge in [-0.15, -0.1) is 0 Å². The molecule has 3 N–H and O–H groups in total. The molecule has 21 heavy (non-hydrogen) atoms. The summed E-state index contributed by atoms with van der Waals surface area (Å²) in [6.07, 6.45) is 6.38. The Bertz CT molecular complexity index is 673. The second kappa shape index (κ2) is 5.64. The SMILES string of the molecule is CCn1cc(N)cc1C(=O)Nc1cccc2c1CCCC2. The van der Waals surface area contributed by atoms with Crippen LogP contribution in [-0.4, -0.2) is 10.5 Å². The Kier molecular flexibility index (Phi) is 3.69. The number of aromatic nitrogens is 1. The Morgan fingerprint density at radius 3 is 2.95 bits per heavy atom. The molecule has 1 heterocycles. The Morgan fingerprint density at radius 1 is 1.33 bits per heavy atom. The molecule has 0 bridgehead atoms. The highest BCUT2D eigenvalue weighted by Gasteiger charge is 2.17. The molecule has 0 radical (unpaired) electrons. The average molecular weight is 283 g/mol. The van der Waals surface area contributed by atoms with Crippen LogP contribution in [0.15, 0.2) is 30.5 Å². The van der Waals surface area contributed by atoms with Crippen LogP contribution in [0.5, 0.6) is 0 Å². The van der Waals surface area contributed by atoms with Crippen molar-refractivity contribution < 1.29 is 4.79 Å². The molecule has 1 aliphatic carbocycles. The van der Waals surface area contributed by atoms with Crippen LogP contribution in [0.4, 0.5) is 11.4 Å². The standard InChI is InChI=1S/C17H21N3O/c1-2-20-11-13(18)10-16(20)17(21)19-15-9-5-7-12-6-3-4-8-14(12)15/h5,7,9-11H,2-4,6,8,18H2,1H3,(H,19,21). The average Bonchev–Trinajstić information content (AvgIpc) is 2.89. The summed E-state index contributed by atoms with van der Waals surface area (Å²) >= 11 is 0. The highest BCUT2D eigenvalue weighted by Crippen LogP contribution is 2.28. The van der Waals surface area contributed by atoms with Gasteiger partial charge in [0.15, 0.2) is 0 Å². The molecule has 2 aromatic rings. The first-order chi connectivity index (χ1) is 10.2. The van der Waals surface area contributed by atoms with Crippen molar-refractivity contribution in [1.82, 2.24) is 4.57 Å². The third kappa shape index (κ3) is 2.66. The molecule has 1 aromatic heterocycles. The number of hydrogen-bond donors (Lipinski definition) is 2. The number of amides is 1. The van der Waals surface area contributed by atoms with Crippen molar-refractivity contribution in [2.24, 2.45) is 0 Å². The number of carbonyl (C=O) groups excluding carboxylic acids is 1. The van der Waals surface area contributed by atoms with E-state index in [-0.39, 0.29) is 5.91 Å². The van der Waals surface area contributed by atoms with E-state index >= 15 is 0 Å². The van der Waals surface area contributed by atoms with Gasteiger partial charge in [0.05, 0.1) is 5.69 Å². The van der Waals surface area contributed by atoms with Gasteiger partial charge in [-0.3, -0.25) is 4.79 Å². The van der Waals surface area contributed by atoms with Crippen molar-refractivity contribution in [3.8, 4) is 0 Å². The molecule has 0 atom stereocenters. The number of hydrogen-bond acceptors (Lipinski definition) is 2. The second-order valence-electron chi connectivity index (χ2n) is 5.55. The third-order valence-corrected chi connectivity index (χ3v) is 4.14. The molecular formula is C17H21N3O. The topological polar surface area (TPSA) is 60.0 Å². The van der Waals surface area contributed by atoms with E-state index in [1.165, 1.54) is 24.0 Å². The zero-order valence-corrected chi connectivity index (χ0v) is 12.4. The van der Waals surface area contributed by atoms with Gasteiger partial charge in [-0.1, -0.05) is 12.1 Å². The van der Waals surface area contributed by atoms with Crippen molar-refractivity contribution in [1.29, 1.82) is 0 Å². The van der Waals surface area contributed by atoms with E-state index in [2.05, 4.69) is 11.4 Å². The van der Waals surface area contributed by atoms with Crippen LogP contribution in [0.2, 0.25) is 0 Å². The quantitative estimate of drug-likeness (QED) is 0.908. The fourth-order valence-electron chi connectivity index (χ4n) is 3.07. The summed E-state index contributed by atoms with van der Waals surface area (Å²) in [6.45, 7) is 2.73. The number of benzene rings is 1. The molecule has 4 heteroatoms. The van der Waals surface area contributed by atoms with Gasteiger partial charge in [0, 0.05) is 18.4 Å². The predicted octanol–water partition coefficient (Wildman–Crippen LogP) is 3.22. The monoisotopic (exact) mass is 283 g/mol. The molecule has 0 aliphatic heterocycles. The fraction of sp³-hybridized carbons (Fsp3) is 0.353. The van der Waals surface area contributed by atoms with Crippen LogP contribution >= 0.6 is 0 Å². The largest absolute Gasteiger partial charge is 0.397 e. The highest BCUT2D eigenvalue weighted by molar-refractivity contribution is 6.04. The van der Waals surface area contributed by atoms with Gasteiger partial charge < -0.3 is 15.6 Å². The number of fused-ring (bicyclic) bond motifs is 1. The molecule has 110 valence electrons. The van der Waals surface area contributed by atoms with Gasteiger partial charge in [-0.25, -0.2) is 0 Å². The lowest BCUT2D eigenvalue weighted by atomic mass is 9.90. The molecule has 1 aliphatic rings. The molecule has 0 spiro atoms. The Labute approximate surface area is 125 Å². The maximum atomic E-state index is 12.5. The zero-order valence-electron chi connectivity index (χ0n) is 12.4. The van der Waals surface area contributed by atoms with Crippen LogP contribution in [0, 0.1) is 0 Å². The number of rotatable bonds is 3. The molecule has 0 saturated heterocycles. The van der Waals surface area contributed by atoms with Crippen molar-refractivity contribution in [2.45, 2.75) is 39.2 Å². The maximum Gasteiger partial charge on any atom is 0.272 e. The molecule has 0 fully saturated rings. The van der Waals surface area contributed by atoms with E-state index in [1.54, 1.807) is 12.3 Å². The maximum absolute atomic E-state index is 12.5. The van der Waals surface area contributed by atoms with E-state index in [0.29, 0.717) is 11.4 Å². The van der Waals surface area contributed by atoms with E-state index in [0.717, 1.165) is 25.1 Å². The Morgan fingerprint density at radius 2 is 2.14 bits per heavy atom. The summed E-state index contributed by atoms with van der Waals surface area (Å²) in [5.41, 5.74) is 10.6. The minimum absolute atomic E-state index is 0.0903. The van der Waals surface area contributed by atoms with E-state index in [9.17, 15) is 4.79 Å².